The van der Waals surface area contributed by atoms with Gasteiger partial charge in [-0.2, -0.15) is 5.26 Å². The Morgan fingerprint density at radius 3 is 2.17 bits per heavy atom. The Balaban J connectivity index is 1.84. The number of hydrogen-bond acceptors (Lipinski definition) is 1. The van der Waals surface area contributed by atoms with Crippen molar-refractivity contribution >= 4 is 0 Å². The molecule has 0 amide bonds. The van der Waals surface area contributed by atoms with Gasteiger partial charge in [-0.15, -0.1) is 0 Å². The van der Waals surface area contributed by atoms with Gasteiger partial charge in [-0.1, -0.05) is 51.9 Å². The second kappa shape index (κ2) is 6.60. The third-order valence-corrected chi connectivity index (χ3v) is 5.55. The first kappa shape index (κ1) is 13.9. The summed E-state index contributed by atoms with van der Waals surface area (Å²) >= 11 is 0. The normalized spacial score (nSPS) is 34.1. The second-order valence-corrected chi connectivity index (χ2v) is 6.73. The first-order chi connectivity index (χ1) is 8.79. The van der Waals surface area contributed by atoms with Crippen LogP contribution in [-0.4, -0.2) is 0 Å². The number of rotatable bonds is 4. The maximum absolute atomic E-state index is 9.51. The SMILES string of the molecule is CCCCC1(C#N)CCC(C2CCCCC2)CC1. The van der Waals surface area contributed by atoms with Crippen LogP contribution in [0.4, 0.5) is 0 Å². The fourth-order valence-corrected chi connectivity index (χ4v) is 4.20. The van der Waals surface area contributed by atoms with Crippen molar-refractivity contribution < 1.29 is 0 Å². The highest BCUT2D eigenvalue weighted by atomic mass is 14.4. The highest BCUT2D eigenvalue weighted by molar-refractivity contribution is 5.02. The van der Waals surface area contributed by atoms with Crippen LogP contribution in [0.2, 0.25) is 0 Å². The standard InChI is InChI=1S/C17H29N/c1-2-3-11-17(14-18)12-9-16(10-13-17)15-7-5-4-6-8-15/h15-16H,2-13H2,1H3. The smallest absolute Gasteiger partial charge is 0.0689 e. The molecule has 0 unspecified atom stereocenters. The average Bonchev–Trinajstić information content (AvgIpc) is 2.47. The molecule has 18 heavy (non-hydrogen) atoms. The maximum atomic E-state index is 9.51. The lowest BCUT2D eigenvalue weighted by Gasteiger charge is -2.39. The lowest BCUT2D eigenvalue weighted by Crippen LogP contribution is -2.30. The van der Waals surface area contributed by atoms with Crippen molar-refractivity contribution in [2.24, 2.45) is 17.3 Å². The van der Waals surface area contributed by atoms with Gasteiger partial charge in [-0.25, -0.2) is 0 Å². The van der Waals surface area contributed by atoms with E-state index in [1.54, 1.807) is 0 Å². The predicted molar refractivity (Wildman–Crippen MR) is 76.1 cm³/mol. The van der Waals surface area contributed by atoms with Crippen molar-refractivity contribution in [2.45, 2.75) is 84.0 Å². The van der Waals surface area contributed by atoms with Gasteiger partial charge in [-0.05, 0) is 43.9 Å². The molecule has 2 saturated carbocycles. The average molecular weight is 247 g/mol. The quantitative estimate of drug-likeness (QED) is 0.647. The van der Waals surface area contributed by atoms with Gasteiger partial charge in [0.25, 0.3) is 0 Å². The molecule has 1 nitrogen and oxygen atoms in total. The van der Waals surface area contributed by atoms with Crippen molar-refractivity contribution in [1.82, 2.24) is 0 Å². The third-order valence-electron chi connectivity index (χ3n) is 5.55. The molecule has 102 valence electrons. The molecule has 0 aromatic rings. The van der Waals surface area contributed by atoms with Gasteiger partial charge in [-0.3, -0.25) is 0 Å². The summed E-state index contributed by atoms with van der Waals surface area (Å²) in [4.78, 5) is 0. The van der Waals surface area contributed by atoms with E-state index in [-0.39, 0.29) is 5.41 Å². The Morgan fingerprint density at radius 2 is 1.61 bits per heavy atom. The van der Waals surface area contributed by atoms with E-state index in [0.29, 0.717) is 0 Å². The van der Waals surface area contributed by atoms with E-state index in [1.165, 1.54) is 70.6 Å². The van der Waals surface area contributed by atoms with Gasteiger partial charge in [0.2, 0.25) is 0 Å². The molecule has 2 aliphatic carbocycles. The van der Waals surface area contributed by atoms with Gasteiger partial charge in [0.15, 0.2) is 0 Å². The molecule has 0 heterocycles. The molecule has 2 rings (SSSR count). The van der Waals surface area contributed by atoms with Gasteiger partial charge >= 0.3 is 0 Å². The summed E-state index contributed by atoms with van der Waals surface area (Å²) < 4.78 is 0. The molecule has 0 radical (unpaired) electrons. The van der Waals surface area contributed by atoms with Gasteiger partial charge in [0, 0.05) is 0 Å². The minimum atomic E-state index is 0.0567. The number of unbranched alkanes of at least 4 members (excludes halogenated alkanes) is 1. The van der Waals surface area contributed by atoms with E-state index in [9.17, 15) is 5.26 Å². The molecule has 0 aliphatic heterocycles. The molecule has 1 heteroatoms. The van der Waals surface area contributed by atoms with E-state index in [0.717, 1.165) is 18.3 Å². The van der Waals surface area contributed by atoms with E-state index >= 15 is 0 Å². The molecule has 0 aromatic carbocycles. The molecule has 0 saturated heterocycles. The first-order valence-corrected chi connectivity index (χ1v) is 8.21. The fourth-order valence-electron chi connectivity index (χ4n) is 4.20. The monoisotopic (exact) mass is 247 g/mol. The largest absolute Gasteiger partial charge is 0.198 e. The highest BCUT2D eigenvalue weighted by Gasteiger charge is 2.37. The Morgan fingerprint density at radius 1 is 1.00 bits per heavy atom. The molecular formula is C17H29N. The zero-order chi connectivity index (χ0) is 12.8. The molecule has 0 N–H and O–H groups in total. The van der Waals surface area contributed by atoms with Crippen LogP contribution in [0.25, 0.3) is 0 Å². The van der Waals surface area contributed by atoms with Gasteiger partial charge in [0.1, 0.15) is 0 Å². The third kappa shape index (κ3) is 3.28. The summed E-state index contributed by atoms with van der Waals surface area (Å²) in [6.07, 6.45) is 16.0. The molecule has 0 spiro atoms. The van der Waals surface area contributed by atoms with Crippen molar-refractivity contribution in [1.29, 1.82) is 5.26 Å². The molecular weight excluding hydrogens is 218 g/mol. The molecule has 0 atom stereocenters. The summed E-state index contributed by atoms with van der Waals surface area (Å²) in [5, 5.41) is 9.51. The lowest BCUT2D eigenvalue weighted by atomic mass is 9.64. The van der Waals surface area contributed by atoms with Crippen LogP contribution in [0.15, 0.2) is 0 Å². The van der Waals surface area contributed by atoms with Crippen LogP contribution >= 0.6 is 0 Å². The summed E-state index contributed by atoms with van der Waals surface area (Å²) in [7, 11) is 0. The second-order valence-electron chi connectivity index (χ2n) is 6.73. The van der Waals surface area contributed by atoms with Crippen LogP contribution in [0, 0.1) is 28.6 Å². The van der Waals surface area contributed by atoms with Crippen LogP contribution in [0.5, 0.6) is 0 Å². The number of nitriles is 1. The van der Waals surface area contributed by atoms with E-state index in [2.05, 4.69) is 13.0 Å². The molecule has 0 bridgehead atoms. The summed E-state index contributed by atoms with van der Waals surface area (Å²) in [5.74, 6) is 1.95. The van der Waals surface area contributed by atoms with Gasteiger partial charge < -0.3 is 0 Å². The Kier molecular flexibility index (Phi) is 5.10. The zero-order valence-corrected chi connectivity index (χ0v) is 12.1. The van der Waals surface area contributed by atoms with Gasteiger partial charge in [0.05, 0.1) is 11.5 Å². The van der Waals surface area contributed by atoms with Crippen molar-refractivity contribution in [3.05, 3.63) is 0 Å². The maximum Gasteiger partial charge on any atom is 0.0689 e. The van der Waals surface area contributed by atoms with Crippen LogP contribution in [0.3, 0.4) is 0 Å². The van der Waals surface area contributed by atoms with E-state index < -0.39 is 0 Å². The molecule has 2 aliphatic rings. The summed E-state index contributed by atoms with van der Waals surface area (Å²) in [6, 6.07) is 2.68. The zero-order valence-electron chi connectivity index (χ0n) is 12.1. The molecule has 2 fully saturated rings. The van der Waals surface area contributed by atoms with E-state index in [4.69, 9.17) is 0 Å². The van der Waals surface area contributed by atoms with E-state index in [1.807, 2.05) is 0 Å². The summed E-state index contributed by atoms with van der Waals surface area (Å²) in [6.45, 7) is 2.23. The van der Waals surface area contributed by atoms with Crippen molar-refractivity contribution in [3.63, 3.8) is 0 Å². The van der Waals surface area contributed by atoms with Crippen molar-refractivity contribution in [2.75, 3.05) is 0 Å². The Hall–Kier alpha value is -0.510. The topological polar surface area (TPSA) is 23.8 Å². The first-order valence-electron chi connectivity index (χ1n) is 8.21. The number of hydrogen-bond donors (Lipinski definition) is 0. The van der Waals surface area contributed by atoms with Crippen LogP contribution in [0.1, 0.15) is 84.0 Å². The number of nitrogens with zero attached hydrogens (tertiary/aromatic N) is 1. The minimum absolute atomic E-state index is 0.0567. The lowest BCUT2D eigenvalue weighted by molar-refractivity contribution is 0.129. The van der Waals surface area contributed by atoms with Crippen LogP contribution in [-0.2, 0) is 0 Å². The highest BCUT2D eigenvalue weighted by Crippen LogP contribution is 2.46. The Labute approximate surface area is 113 Å². The minimum Gasteiger partial charge on any atom is -0.198 e. The summed E-state index contributed by atoms with van der Waals surface area (Å²) in [5.41, 5.74) is 0.0567. The molecule has 0 aromatic heterocycles. The van der Waals surface area contributed by atoms with Crippen molar-refractivity contribution in [3.8, 4) is 6.07 Å². The Bertz CT molecular complexity index is 274. The van der Waals surface area contributed by atoms with Crippen LogP contribution < -0.4 is 0 Å². The fraction of sp³-hybridized carbons (Fsp3) is 0.941. The predicted octanol–water partition coefficient (Wildman–Crippen LogP) is 5.46.